The SMILES string of the molecule is CSCCC(N)C(=O)NC(CS)C(=O)NCC(=O)NC(Cc1c[nH]c2ccccc12)C(=O)O. The zero-order valence-electron chi connectivity index (χ0n) is 18.2. The van der Waals surface area contributed by atoms with Crippen LogP contribution in [0, 0.1) is 0 Å². The van der Waals surface area contributed by atoms with Gasteiger partial charge in [-0.3, -0.25) is 14.4 Å². The van der Waals surface area contributed by atoms with Crippen LogP contribution in [0.3, 0.4) is 0 Å². The summed E-state index contributed by atoms with van der Waals surface area (Å²) in [4.78, 5) is 51.5. The van der Waals surface area contributed by atoms with E-state index in [9.17, 15) is 24.3 Å². The molecule has 0 bridgehead atoms. The number of nitrogens with two attached hydrogens (primary N) is 1. The molecule has 33 heavy (non-hydrogen) atoms. The minimum atomic E-state index is -1.19. The predicted molar refractivity (Wildman–Crippen MR) is 131 cm³/mol. The molecule has 180 valence electrons. The fourth-order valence-corrected chi connectivity index (χ4v) is 3.85. The van der Waals surface area contributed by atoms with Gasteiger partial charge >= 0.3 is 5.97 Å². The molecule has 0 aliphatic heterocycles. The molecule has 3 unspecified atom stereocenters. The fourth-order valence-electron chi connectivity index (χ4n) is 3.11. The third-order valence-electron chi connectivity index (χ3n) is 4.94. The molecule has 0 fully saturated rings. The molecule has 3 amide bonds. The summed E-state index contributed by atoms with van der Waals surface area (Å²) in [6.45, 7) is -0.449. The molecule has 7 N–H and O–H groups in total. The number of benzene rings is 1. The lowest BCUT2D eigenvalue weighted by Crippen LogP contribution is -2.54. The topological polar surface area (TPSA) is 166 Å². The Kier molecular flexibility index (Phi) is 10.6. The number of amides is 3. The van der Waals surface area contributed by atoms with Gasteiger partial charge in [0, 0.05) is 29.3 Å². The first-order chi connectivity index (χ1) is 15.8. The van der Waals surface area contributed by atoms with Crippen molar-refractivity contribution in [1.82, 2.24) is 20.9 Å². The second kappa shape index (κ2) is 13.1. The molecule has 0 aliphatic rings. The molecule has 1 aromatic heterocycles. The highest BCUT2D eigenvalue weighted by Gasteiger charge is 2.25. The number of aliphatic carboxylic acids is 1. The van der Waals surface area contributed by atoms with E-state index >= 15 is 0 Å². The number of para-hydroxylation sites is 1. The van der Waals surface area contributed by atoms with Crippen LogP contribution in [0.15, 0.2) is 30.5 Å². The van der Waals surface area contributed by atoms with Gasteiger partial charge in [0.05, 0.1) is 12.6 Å². The second-order valence-corrected chi connectivity index (χ2v) is 8.72. The van der Waals surface area contributed by atoms with Crippen molar-refractivity contribution >= 4 is 59.0 Å². The number of carbonyl (C=O) groups excluding carboxylic acids is 3. The largest absolute Gasteiger partial charge is 0.480 e. The average molecular weight is 496 g/mol. The van der Waals surface area contributed by atoms with Crippen molar-refractivity contribution in [2.24, 2.45) is 5.73 Å². The number of carboxylic acid groups (broad SMARTS) is 1. The van der Waals surface area contributed by atoms with Crippen LogP contribution in [-0.4, -0.2) is 76.2 Å². The van der Waals surface area contributed by atoms with E-state index in [1.807, 2.05) is 30.5 Å². The van der Waals surface area contributed by atoms with E-state index in [1.54, 1.807) is 18.0 Å². The van der Waals surface area contributed by atoms with Crippen LogP contribution in [0.2, 0.25) is 0 Å². The molecule has 2 rings (SSSR count). The van der Waals surface area contributed by atoms with E-state index in [2.05, 4.69) is 33.6 Å². The maximum absolute atomic E-state index is 12.4. The first-order valence-corrected chi connectivity index (χ1v) is 12.3. The number of hydrogen-bond donors (Lipinski definition) is 7. The van der Waals surface area contributed by atoms with Gasteiger partial charge in [-0.2, -0.15) is 24.4 Å². The van der Waals surface area contributed by atoms with E-state index in [4.69, 9.17) is 5.73 Å². The molecule has 0 saturated carbocycles. The summed E-state index contributed by atoms with van der Waals surface area (Å²) in [6, 6.07) is 4.53. The zero-order chi connectivity index (χ0) is 24.4. The monoisotopic (exact) mass is 495 g/mol. The highest BCUT2D eigenvalue weighted by Crippen LogP contribution is 2.19. The van der Waals surface area contributed by atoms with Crippen molar-refractivity contribution in [2.45, 2.75) is 31.0 Å². The van der Waals surface area contributed by atoms with Crippen molar-refractivity contribution in [3.8, 4) is 0 Å². The molecule has 0 aliphatic carbocycles. The lowest BCUT2D eigenvalue weighted by Gasteiger charge is -2.19. The Bertz CT molecular complexity index is 983. The summed E-state index contributed by atoms with van der Waals surface area (Å²) in [5, 5.41) is 17.7. The normalized spacial score (nSPS) is 13.7. The summed E-state index contributed by atoms with van der Waals surface area (Å²) in [6.07, 6.45) is 4.14. The van der Waals surface area contributed by atoms with Gasteiger partial charge in [-0.25, -0.2) is 4.79 Å². The number of carbonyl (C=O) groups is 4. The molecule has 1 aromatic carbocycles. The van der Waals surface area contributed by atoms with Crippen molar-refractivity contribution in [1.29, 1.82) is 0 Å². The van der Waals surface area contributed by atoms with Crippen LogP contribution < -0.4 is 21.7 Å². The molecular formula is C21H29N5O5S2. The lowest BCUT2D eigenvalue weighted by molar-refractivity contribution is -0.141. The van der Waals surface area contributed by atoms with Crippen LogP contribution >= 0.6 is 24.4 Å². The molecule has 0 spiro atoms. The summed E-state index contributed by atoms with van der Waals surface area (Å²) in [7, 11) is 0. The molecule has 10 nitrogen and oxygen atoms in total. The van der Waals surface area contributed by atoms with Crippen molar-refractivity contribution < 1.29 is 24.3 Å². The number of hydrogen-bond acceptors (Lipinski definition) is 7. The highest BCUT2D eigenvalue weighted by atomic mass is 32.2. The van der Waals surface area contributed by atoms with Gasteiger partial charge in [-0.05, 0) is 30.1 Å². The fraction of sp³-hybridized carbons (Fsp3) is 0.429. The molecule has 2 aromatic rings. The van der Waals surface area contributed by atoms with Gasteiger partial charge < -0.3 is 31.8 Å². The van der Waals surface area contributed by atoms with Gasteiger partial charge in [0.25, 0.3) is 0 Å². The molecule has 0 saturated heterocycles. The quantitative estimate of drug-likeness (QED) is 0.190. The zero-order valence-corrected chi connectivity index (χ0v) is 19.9. The third-order valence-corrected chi connectivity index (χ3v) is 5.95. The number of thiol groups is 1. The Balaban J connectivity index is 1.88. The summed E-state index contributed by atoms with van der Waals surface area (Å²) in [5.74, 6) is -2.25. The Labute approximate surface area is 201 Å². The maximum atomic E-state index is 12.4. The summed E-state index contributed by atoms with van der Waals surface area (Å²) < 4.78 is 0. The number of aromatic amines is 1. The average Bonchev–Trinajstić information content (AvgIpc) is 3.21. The van der Waals surface area contributed by atoms with Crippen LogP contribution in [0.25, 0.3) is 10.9 Å². The molecule has 1 heterocycles. The maximum Gasteiger partial charge on any atom is 0.326 e. The van der Waals surface area contributed by atoms with Crippen LogP contribution in [0.4, 0.5) is 0 Å². The number of carboxylic acids is 1. The summed E-state index contributed by atoms with van der Waals surface area (Å²) in [5.41, 5.74) is 7.41. The first kappa shape index (κ1) is 26.6. The number of fused-ring (bicyclic) bond motifs is 1. The lowest BCUT2D eigenvalue weighted by atomic mass is 10.0. The highest BCUT2D eigenvalue weighted by molar-refractivity contribution is 7.98. The number of H-pyrrole nitrogens is 1. The smallest absolute Gasteiger partial charge is 0.326 e. The van der Waals surface area contributed by atoms with E-state index in [0.717, 1.165) is 16.5 Å². The van der Waals surface area contributed by atoms with E-state index in [-0.39, 0.29) is 12.2 Å². The molecule has 12 heteroatoms. The van der Waals surface area contributed by atoms with Crippen LogP contribution in [0.1, 0.15) is 12.0 Å². The first-order valence-electron chi connectivity index (χ1n) is 10.3. The van der Waals surface area contributed by atoms with Crippen LogP contribution in [-0.2, 0) is 25.6 Å². The Morgan fingerprint density at radius 2 is 1.88 bits per heavy atom. The van der Waals surface area contributed by atoms with E-state index < -0.39 is 48.4 Å². The number of rotatable bonds is 13. The van der Waals surface area contributed by atoms with Gasteiger partial charge in [-0.1, -0.05) is 18.2 Å². The number of thioether (sulfide) groups is 1. The van der Waals surface area contributed by atoms with Crippen LogP contribution in [0.5, 0.6) is 0 Å². The minimum Gasteiger partial charge on any atom is -0.480 e. The standard InChI is InChI=1S/C21H29N5O5S2/c1-33-7-6-14(22)19(28)26-17(11-32)20(29)24-10-18(27)25-16(21(30)31)8-12-9-23-15-5-3-2-4-13(12)15/h2-5,9,14,16-17,23,32H,6-8,10-11,22H2,1H3,(H,24,29)(H,25,27)(H,26,28)(H,30,31). The van der Waals surface area contributed by atoms with Gasteiger partial charge in [-0.15, -0.1) is 0 Å². The Morgan fingerprint density at radius 3 is 2.55 bits per heavy atom. The van der Waals surface area contributed by atoms with Crippen molar-refractivity contribution in [2.75, 3.05) is 24.3 Å². The van der Waals surface area contributed by atoms with Gasteiger partial charge in [0.15, 0.2) is 0 Å². The third kappa shape index (κ3) is 7.98. The van der Waals surface area contributed by atoms with Crippen molar-refractivity contribution in [3.63, 3.8) is 0 Å². The van der Waals surface area contributed by atoms with Gasteiger partial charge in [0.1, 0.15) is 12.1 Å². The number of nitrogens with one attached hydrogen (secondary N) is 4. The van der Waals surface area contributed by atoms with E-state index in [0.29, 0.717) is 12.2 Å². The molecular weight excluding hydrogens is 466 g/mol. The Hall–Kier alpha value is -2.70. The molecule has 3 atom stereocenters. The predicted octanol–water partition coefficient (Wildman–Crippen LogP) is -0.109. The Morgan fingerprint density at radius 1 is 1.15 bits per heavy atom. The van der Waals surface area contributed by atoms with Crippen molar-refractivity contribution in [3.05, 3.63) is 36.0 Å². The minimum absolute atomic E-state index is 0.00670. The van der Waals surface area contributed by atoms with E-state index in [1.165, 1.54) is 0 Å². The van der Waals surface area contributed by atoms with Gasteiger partial charge in [0.2, 0.25) is 17.7 Å². The molecule has 0 radical (unpaired) electrons. The second-order valence-electron chi connectivity index (χ2n) is 7.37. The number of aromatic nitrogens is 1. The summed E-state index contributed by atoms with van der Waals surface area (Å²) >= 11 is 5.63.